The van der Waals surface area contributed by atoms with Crippen LogP contribution in [-0.2, 0) is 0 Å². The first-order valence-electron chi connectivity index (χ1n) is 5.96. The predicted molar refractivity (Wildman–Crippen MR) is 63.4 cm³/mol. The third kappa shape index (κ3) is 2.53. The molecule has 0 aliphatic heterocycles. The number of aromatic nitrogens is 2. The van der Waals surface area contributed by atoms with Crippen LogP contribution >= 0.6 is 0 Å². The summed E-state index contributed by atoms with van der Waals surface area (Å²) in [5.74, 6) is 0.607. The molecule has 1 aliphatic rings. The molecular formula is C12H16N4O. The molecule has 5 nitrogen and oxygen atoms in total. The number of hydrogen-bond acceptors (Lipinski definition) is 5. The van der Waals surface area contributed by atoms with Crippen molar-refractivity contribution in [3.63, 3.8) is 0 Å². The van der Waals surface area contributed by atoms with Gasteiger partial charge in [-0.1, -0.05) is 12.8 Å². The summed E-state index contributed by atoms with van der Waals surface area (Å²) in [5, 5.41) is 26.1. The first kappa shape index (κ1) is 11.8. The van der Waals surface area contributed by atoms with E-state index in [1.54, 1.807) is 6.07 Å². The summed E-state index contributed by atoms with van der Waals surface area (Å²) in [6, 6.07) is 4.18. The van der Waals surface area contributed by atoms with Crippen molar-refractivity contribution in [3.05, 3.63) is 17.8 Å². The third-order valence-corrected chi connectivity index (χ3v) is 3.20. The highest BCUT2D eigenvalue weighted by Crippen LogP contribution is 2.28. The largest absolute Gasteiger partial charge is 0.395 e. The maximum atomic E-state index is 9.15. The van der Waals surface area contributed by atoms with Gasteiger partial charge in [-0.2, -0.15) is 10.4 Å². The zero-order valence-electron chi connectivity index (χ0n) is 9.71. The van der Waals surface area contributed by atoms with Gasteiger partial charge < -0.3 is 10.0 Å². The van der Waals surface area contributed by atoms with Crippen LogP contribution in [0.5, 0.6) is 0 Å². The van der Waals surface area contributed by atoms with Crippen molar-refractivity contribution in [2.45, 2.75) is 31.7 Å². The maximum Gasteiger partial charge on any atom is 0.169 e. The molecule has 2 rings (SSSR count). The standard InChI is InChI=1S/C12H16N4O/c13-9-10-5-6-14-15-12(10)16(7-8-17)11-3-1-2-4-11/h5-6,11,17H,1-4,7-8H2. The summed E-state index contributed by atoms with van der Waals surface area (Å²) in [6.45, 7) is 0.579. The van der Waals surface area contributed by atoms with Crippen LogP contribution in [0.1, 0.15) is 31.2 Å². The molecule has 0 radical (unpaired) electrons. The van der Waals surface area contributed by atoms with Crippen molar-refractivity contribution in [3.8, 4) is 6.07 Å². The molecule has 1 aromatic rings. The van der Waals surface area contributed by atoms with E-state index in [1.165, 1.54) is 19.0 Å². The monoisotopic (exact) mass is 232 g/mol. The lowest BCUT2D eigenvalue weighted by molar-refractivity contribution is 0.296. The van der Waals surface area contributed by atoms with Crippen LogP contribution in [0, 0.1) is 11.3 Å². The molecule has 1 N–H and O–H groups in total. The Kier molecular flexibility index (Phi) is 3.89. The fraction of sp³-hybridized carbons (Fsp3) is 0.583. The number of aliphatic hydroxyl groups is 1. The molecule has 1 saturated carbocycles. The van der Waals surface area contributed by atoms with Gasteiger partial charge in [-0.25, -0.2) is 0 Å². The molecule has 0 saturated heterocycles. The van der Waals surface area contributed by atoms with Crippen LogP contribution in [0.3, 0.4) is 0 Å². The minimum Gasteiger partial charge on any atom is -0.395 e. The van der Waals surface area contributed by atoms with Gasteiger partial charge >= 0.3 is 0 Å². The summed E-state index contributed by atoms with van der Waals surface area (Å²) in [4.78, 5) is 2.03. The molecule has 17 heavy (non-hydrogen) atoms. The normalized spacial score (nSPS) is 15.8. The summed E-state index contributed by atoms with van der Waals surface area (Å²) in [5.41, 5.74) is 0.528. The van der Waals surface area contributed by atoms with Crippen LogP contribution in [0.4, 0.5) is 5.82 Å². The van der Waals surface area contributed by atoms with Crippen molar-refractivity contribution in [2.75, 3.05) is 18.1 Å². The van der Waals surface area contributed by atoms with Gasteiger partial charge in [0, 0.05) is 12.6 Å². The number of rotatable bonds is 4. The quantitative estimate of drug-likeness (QED) is 0.841. The van der Waals surface area contributed by atoms with E-state index in [1.807, 2.05) is 4.90 Å². The first-order valence-corrected chi connectivity index (χ1v) is 5.96. The zero-order chi connectivity index (χ0) is 12.1. The summed E-state index contributed by atoms with van der Waals surface area (Å²) in [7, 11) is 0. The topological polar surface area (TPSA) is 73.0 Å². The second kappa shape index (κ2) is 5.60. The SMILES string of the molecule is N#Cc1ccnnc1N(CCO)C1CCCC1. The molecule has 1 heterocycles. The van der Waals surface area contributed by atoms with E-state index in [0.29, 0.717) is 24.0 Å². The van der Waals surface area contributed by atoms with Crippen molar-refractivity contribution in [2.24, 2.45) is 0 Å². The number of nitrogens with zero attached hydrogens (tertiary/aromatic N) is 4. The second-order valence-electron chi connectivity index (χ2n) is 4.24. The third-order valence-electron chi connectivity index (χ3n) is 3.20. The average molecular weight is 232 g/mol. The molecule has 0 aromatic carbocycles. The second-order valence-corrected chi connectivity index (χ2v) is 4.24. The Hall–Kier alpha value is -1.67. The van der Waals surface area contributed by atoms with E-state index in [4.69, 9.17) is 10.4 Å². The number of anilines is 1. The van der Waals surface area contributed by atoms with E-state index in [9.17, 15) is 0 Å². The van der Waals surface area contributed by atoms with E-state index in [0.717, 1.165) is 12.8 Å². The van der Waals surface area contributed by atoms with E-state index < -0.39 is 0 Å². The summed E-state index contributed by atoms with van der Waals surface area (Å²) in [6.07, 6.45) is 6.13. The summed E-state index contributed by atoms with van der Waals surface area (Å²) < 4.78 is 0. The Morgan fingerprint density at radius 1 is 1.47 bits per heavy atom. The summed E-state index contributed by atoms with van der Waals surface area (Å²) >= 11 is 0. The fourth-order valence-electron chi connectivity index (χ4n) is 2.41. The smallest absolute Gasteiger partial charge is 0.169 e. The van der Waals surface area contributed by atoms with Crippen molar-refractivity contribution >= 4 is 5.82 Å². The molecule has 0 unspecified atom stereocenters. The predicted octanol–water partition coefficient (Wildman–Crippen LogP) is 1.09. The van der Waals surface area contributed by atoms with E-state index >= 15 is 0 Å². The molecule has 0 spiro atoms. The zero-order valence-corrected chi connectivity index (χ0v) is 9.71. The molecule has 0 atom stereocenters. The number of aliphatic hydroxyl groups excluding tert-OH is 1. The first-order chi connectivity index (χ1) is 8.36. The van der Waals surface area contributed by atoms with Gasteiger partial charge in [-0.05, 0) is 18.9 Å². The Morgan fingerprint density at radius 2 is 2.24 bits per heavy atom. The number of nitriles is 1. The van der Waals surface area contributed by atoms with Crippen LogP contribution in [0.15, 0.2) is 12.3 Å². The molecule has 0 amide bonds. The van der Waals surface area contributed by atoms with E-state index in [2.05, 4.69) is 16.3 Å². The van der Waals surface area contributed by atoms with Gasteiger partial charge in [0.05, 0.1) is 18.4 Å². The van der Waals surface area contributed by atoms with Gasteiger partial charge in [0.15, 0.2) is 5.82 Å². The van der Waals surface area contributed by atoms with Gasteiger partial charge in [0.25, 0.3) is 0 Å². The van der Waals surface area contributed by atoms with Gasteiger partial charge in [0.1, 0.15) is 6.07 Å². The highest BCUT2D eigenvalue weighted by molar-refractivity contribution is 5.53. The lowest BCUT2D eigenvalue weighted by Crippen LogP contribution is -2.37. The van der Waals surface area contributed by atoms with Crippen LogP contribution in [0.2, 0.25) is 0 Å². The highest BCUT2D eigenvalue weighted by Gasteiger charge is 2.25. The van der Waals surface area contributed by atoms with Gasteiger partial charge in [-0.3, -0.25) is 0 Å². The molecule has 5 heteroatoms. The minimum atomic E-state index is 0.0674. The molecule has 90 valence electrons. The van der Waals surface area contributed by atoms with Crippen LogP contribution < -0.4 is 4.90 Å². The molecule has 0 bridgehead atoms. The lowest BCUT2D eigenvalue weighted by atomic mass is 10.2. The Bertz CT molecular complexity index is 409. The van der Waals surface area contributed by atoms with Gasteiger partial charge in [0.2, 0.25) is 0 Å². The Balaban J connectivity index is 2.28. The van der Waals surface area contributed by atoms with Crippen LogP contribution in [0.25, 0.3) is 0 Å². The molecule has 1 aliphatic carbocycles. The Morgan fingerprint density at radius 3 is 2.88 bits per heavy atom. The highest BCUT2D eigenvalue weighted by atomic mass is 16.3. The molecular weight excluding hydrogens is 216 g/mol. The van der Waals surface area contributed by atoms with Crippen LogP contribution in [-0.4, -0.2) is 34.5 Å². The van der Waals surface area contributed by atoms with Gasteiger partial charge in [-0.15, -0.1) is 5.10 Å². The molecule has 1 fully saturated rings. The molecule has 1 aromatic heterocycles. The Labute approximate surface area is 101 Å². The lowest BCUT2D eigenvalue weighted by Gasteiger charge is -2.29. The van der Waals surface area contributed by atoms with Crippen molar-refractivity contribution in [1.82, 2.24) is 10.2 Å². The average Bonchev–Trinajstić information content (AvgIpc) is 2.89. The van der Waals surface area contributed by atoms with Crippen molar-refractivity contribution in [1.29, 1.82) is 5.26 Å². The fourth-order valence-corrected chi connectivity index (χ4v) is 2.41. The number of hydrogen-bond donors (Lipinski definition) is 1. The minimum absolute atomic E-state index is 0.0674. The van der Waals surface area contributed by atoms with E-state index in [-0.39, 0.29) is 6.61 Å². The maximum absolute atomic E-state index is 9.15. The van der Waals surface area contributed by atoms with Crippen molar-refractivity contribution < 1.29 is 5.11 Å².